The highest BCUT2D eigenvalue weighted by molar-refractivity contribution is 5.03. The van der Waals surface area contributed by atoms with Crippen molar-refractivity contribution >= 4 is 0 Å². The summed E-state index contributed by atoms with van der Waals surface area (Å²) < 4.78 is 1.97. The van der Waals surface area contributed by atoms with Gasteiger partial charge >= 0.3 is 0 Å². The van der Waals surface area contributed by atoms with Crippen LogP contribution in [0.4, 0.5) is 0 Å². The minimum absolute atomic E-state index is 0.372. The molecular formula is C11H21N3. The molecule has 0 aliphatic rings. The monoisotopic (exact) mass is 195 g/mol. The third-order valence-electron chi connectivity index (χ3n) is 2.58. The summed E-state index contributed by atoms with van der Waals surface area (Å²) in [5.41, 5.74) is 7.18. The minimum atomic E-state index is 0.372. The van der Waals surface area contributed by atoms with Crippen LogP contribution in [0.2, 0.25) is 0 Å². The predicted octanol–water partition coefficient (Wildman–Crippen LogP) is 1.96. The summed E-state index contributed by atoms with van der Waals surface area (Å²) in [6.07, 6.45) is 8.55. The zero-order valence-corrected chi connectivity index (χ0v) is 9.24. The Morgan fingerprint density at radius 3 is 2.86 bits per heavy atom. The molecule has 0 radical (unpaired) electrons. The van der Waals surface area contributed by atoms with E-state index in [2.05, 4.69) is 25.1 Å². The number of rotatable bonds is 6. The number of hydrogen-bond donors (Lipinski definition) is 1. The molecule has 1 atom stereocenters. The normalized spacial score (nSPS) is 13.1. The molecule has 14 heavy (non-hydrogen) atoms. The standard InChI is InChI=1S/C11H21N3/c1-3-11(12)7-5-6-10-8-13-14(4-2)9-10/h8-9,11H,3-7,12H2,1-2H3. The molecule has 0 aliphatic heterocycles. The zero-order chi connectivity index (χ0) is 10.4. The van der Waals surface area contributed by atoms with Gasteiger partial charge in [-0.2, -0.15) is 5.10 Å². The summed E-state index contributed by atoms with van der Waals surface area (Å²) in [5.74, 6) is 0. The smallest absolute Gasteiger partial charge is 0.0521 e. The first-order valence-corrected chi connectivity index (χ1v) is 5.53. The predicted molar refractivity (Wildman–Crippen MR) is 59.1 cm³/mol. The molecule has 1 aromatic heterocycles. The third-order valence-corrected chi connectivity index (χ3v) is 2.58. The van der Waals surface area contributed by atoms with Gasteiger partial charge < -0.3 is 5.73 Å². The van der Waals surface area contributed by atoms with Crippen LogP contribution in [0.1, 0.15) is 38.7 Å². The van der Waals surface area contributed by atoms with Crippen LogP contribution >= 0.6 is 0 Å². The second kappa shape index (κ2) is 5.81. The molecule has 3 nitrogen and oxygen atoms in total. The Balaban J connectivity index is 2.24. The molecule has 80 valence electrons. The van der Waals surface area contributed by atoms with Gasteiger partial charge in [-0.3, -0.25) is 4.68 Å². The first-order chi connectivity index (χ1) is 6.76. The lowest BCUT2D eigenvalue weighted by Gasteiger charge is -2.06. The Morgan fingerprint density at radius 1 is 1.50 bits per heavy atom. The molecule has 2 N–H and O–H groups in total. The van der Waals surface area contributed by atoms with Crippen molar-refractivity contribution in [1.82, 2.24) is 9.78 Å². The van der Waals surface area contributed by atoms with Crippen LogP contribution in [-0.4, -0.2) is 15.8 Å². The largest absolute Gasteiger partial charge is 0.328 e. The molecule has 0 amide bonds. The maximum atomic E-state index is 5.85. The molecule has 0 aliphatic carbocycles. The lowest BCUT2D eigenvalue weighted by Crippen LogP contribution is -2.18. The van der Waals surface area contributed by atoms with Gasteiger partial charge in [0.15, 0.2) is 0 Å². The topological polar surface area (TPSA) is 43.8 Å². The van der Waals surface area contributed by atoms with E-state index >= 15 is 0 Å². The van der Waals surface area contributed by atoms with Gasteiger partial charge in [0.2, 0.25) is 0 Å². The molecular weight excluding hydrogens is 174 g/mol. The van der Waals surface area contributed by atoms with Gasteiger partial charge in [0.1, 0.15) is 0 Å². The van der Waals surface area contributed by atoms with E-state index in [0.29, 0.717) is 6.04 Å². The highest BCUT2D eigenvalue weighted by Gasteiger charge is 2.01. The third kappa shape index (κ3) is 3.50. The van der Waals surface area contributed by atoms with Crippen molar-refractivity contribution in [2.75, 3.05) is 0 Å². The van der Waals surface area contributed by atoms with Gasteiger partial charge in [0.05, 0.1) is 6.20 Å². The number of aromatic nitrogens is 2. The van der Waals surface area contributed by atoms with Gasteiger partial charge in [-0.1, -0.05) is 6.92 Å². The first-order valence-electron chi connectivity index (χ1n) is 5.53. The van der Waals surface area contributed by atoms with Gasteiger partial charge in [-0.15, -0.1) is 0 Å². The number of hydrogen-bond acceptors (Lipinski definition) is 2. The molecule has 1 unspecified atom stereocenters. The second-order valence-electron chi connectivity index (χ2n) is 3.76. The van der Waals surface area contributed by atoms with Crippen LogP contribution in [0.15, 0.2) is 12.4 Å². The average molecular weight is 195 g/mol. The Morgan fingerprint density at radius 2 is 2.29 bits per heavy atom. The van der Waals surface area contributed by atoms with Crippen LogP contribution in [0.25, 0.3) is 0 Å². The number of nitrogens with zero attached hydrogens (tertiary/aromatic N) is 2. The molecule has 0 aromatic carbocycles. The van der Waals surface area contributed by atoms with Crippen LogP contribution in [0.3, 0.4) is 0 Å². The summed E-state index contributed by atoms with van der Waals surface area (Å²) in [6.45, 7) is 5.19. The van der Waals surface area contributed by atoms with E-state index in [0.717, 1.165) is 25.8 Å². The van der Waals surface area contributed by atoms with Crippen molar-refractivity contribution in [2.45, 2.75) is 52.1 Å². The molecule has 1 rings (SSSR count). The molecule has 0 saturated heterocycles. The molecule has 0 bridgehead atoms. The summed E-state index contributed by atoms with van der Waals surface area (Å²) >= 11 is 0. The SMILES string of the molecule is CCC(N)CCCc1cnn(CC)c1. The van der Waals surface area contributed by atoms with E-state index < -0.39 is 0 Å². The highest BCUT2D eigenvalue weighted by atomic mass is 15.3. The van der Waals surface area contributed by atoms with E-state index in [1.807, 2.05) is 10.9 Å². The van der Waals surface area contributed by atoms with E-state index in [4.69, 9.17) is 5.73 Å². The van der Waals surface area contributed by atoms with Gasteiger partial charge in [0, 0.05) is 18.8 Å². The fourth-order valence-corrected chi connectivity index (χ4v) is 1.48. The quantitative estimate of drug-likeness (QED) is 0.754. The van der Waals surface area contributed by atoms with Crippen molar-refractivity contribution in [1.29, 1.82) is 0 Å². The average Bonchev–Trinajstić information content (AvgIpc) is 2.65. The fraction of sp³-hybridized carbons (Fsp3) is 0.727. The molecule has 1 heterocycles. The van der Waals surface area contributed by atoms with Crippen molar-refractivity contribution in [3.8, 4) is 0 Å². The van der Waals surface area contributed by atoms with Crippen LogP contribution in [-0.2, 0) is 13.0 Å². The van der Waals surface area contributed by atoms with Crippen molar-refractivity contribution in [2.24, 2.45) is 5.73 Å². The van der Waals surface area contributed by atoms with Crippen LogP contribution in [0, 0.1) is 0 Å². The van der Waals surface area contributed by atoms with Gasteiger partial charge in [0.25, 0.3) is 0 Å². The molecule has 0 saturated carbocycles. The molecule has 1 aromatic rings. The first kappa shape index (κ1) is 11.2. The summed E-state index contributed by atoms with van der Waals surface area (Å²) in [7, 11) is 0. The number of aryl methyl sites for hydroxylation is 2. The summed E-state index contributed by atoms with van der Waals surface area (Å²) in [5, 5.41) is 4.24. The van der Waals surface area contributed by atoms with E-state index in [1.54, 1.807) is 0 Å². The Kier molecular flexibility index (Phi) is 4.66. The van der Waals surface area contributed by atoms with Crippen molar-refractivity contribution in [3.63, 3.8) is 0 Å². The number of nitrogens with two attached hydrogens (primary N) is 1. The maximum Gasteiger partial charge on any atom is 0.0521 e. The van der Waals surface area contributed by atoms with E-state index in [-0.39, 0.29) is 0 Å². The Hall–Kier alpha value is -0.830. The summed E-state index contributed by atoms with van der Waals surface area (Å²) in [4.78, 5) is 0. The van der Waals surface area contributed by atoms with Crippen LogP contribution < -0.4 is 5.73 Å². The Bertz CT molecular complexity index is 255. The fourth-order valence-electron chi connectivity index (χ4n) is 1.48. The lowest BCUT2D eigenvalue weighted by atomic mass is 10.1. The van der Waals surface area contributed by atoms with Gasteiger partial charge in [-0.25, -0.2) is 0 Å². The minimum Gasteiger partial charge on any atom is -0.328 e. The maximum absolute atomic E-state index is 5.85. The molecule has 0 spiro atoms. The lowest BCUT2D eigenvalue weighted by molar-refractivity contribution is 0.568. The van der Waals surface area contributed by atoms with E-state index in [9.17, 15) is 0 Å². The highest BCUT2D eigenvalue weighted by Crippen LogP contribution is 2.06. The van der Waals surface area contributed by atoms with Gasteiger partial charge in [-0.05, 0) is 38.2 Å². The molecule has 0 fully saturated rings. The van der Waals surface area contributed by atoms with Crippen molar-refractivity contribution < 1.29 is 0 Å². The molecule has 3 heteroatoms. The van der Waals surface area contributed by atoms with Crippen LogP contribution in [0.5, 0.6) is 0 Å². The van der Waals surface area contributed by atoms with Crippen molar-refractivity contribution in [3.05, 3.63) is 18.0 Å². The summed E-state index contributed by atoms with van der Waals surface area (Å²) in [6, 6.07) is 0.372. The Labute approximate surface area is 86.3 Å². The second-order valence-corrected chi connectivity index (χ2v) is 3.76. The van der Waals surface area contributed by atoms with E-state index in [1.165, 1.54) is 12.0 Å². The zero-order valence-electron chi connectivity index (χ0n) is 9.24.